The number of ether oxygens (including phenoxy) is 1. The van der Waals surface area contributed by atoms with Crippen molar-refractivity contribution in [2.75, 3.05) is 0 Å². The Balaban J connectivity index is 1.47. The predicted octanol–water partition coefficient (Wildman–Crippen LogP) is 7.14. The molecule has 0 unspecified atom stereocenters. The summed E-state index contributed by atoms with van der Waals surface area (Å²) in [6.07, 6.45) is 1.85. The minimum atomic E-state index is 0.579. The first-order chi connectivity index (χ1) is 14.8. The summed E-state index contributed by atoms with van der Waals surface area (Å²) in [4.78, 5) is 0. The third-order valence-corrected chi connectivity index (χ3v) is 5.51. The smallest absolute Gasteiger partial charge is 0.0722 e. The Labute approximate surface area is 176 Å². The van der Waals surface area contributed by atoms with Gasteiger partial charge in [0.05, 0.1) is 24.2 Å². The molecule has 0 aliphatic carbocycles. The fourth-order valence-corrected chi connectivity index (χ4v) is 4.00. The van der Waals surface area contributed by atoms with E-state index in [0.29, 0.717) is 13.2 Å². The minimum absolute atomic E-state index is 0.579. The second-order valence-corrected chi connectivity index (χ2v) is 7.48. The van der Waals surface area contributed by atoms with Crippen molar-refractivity contribution in [2.45, 2.75) is 13.2 Å². The second kappa shape index (κ2) is 8.02. The van der Waals surface area contributed by atoms with Crippen molar-refractivity contribution in [2.24, 2.45) is 0 Å². The lowest BCUT2D eigenvalue weighted by Crippen LogP contribution is -1.96. The van der Waals surface area contributed by atoms with E-state index in [1.807, 2.05) is 6.08 Å². The number of hydrogen-bond acceptors (Lipinski definition) is 1. The van der Waals surface area contributed by atoms with Crippen molar-refractivity contribution in [3.8, 4) is 5.69 Å². The summed E-state index contributed by atoms with van der Waals surface area (Å²) >= 11 is 0. The summed E-state index contributed by atoms with van der Waals surface area (Å²) in [6.45, 7) is 4.97. The molecule has 0 aliphatic heterocycles. The summed E-state index contributed by atoms with van der Waals surface area (Å²) in [7, 11) is 0. The van der Waals surface area contributed by atoms with Gasteiger partial charge in [-0.1, -0.05) is 85.5 Å². The highest BCUT2D eigenvalue weighted by Gasteiger charge is 2.12. The fourth-order valence-electron chi connectivity index (χ4n) is 4.00. The Hall–Kier alpha value is -3.62. The highest BCUT2D eigenvalue weighted by molar-refractivity contribution is 6.09. The largest absolute Gasteiger partial charge is 0.372 e. The van der Waals surface area contributed by atoms with Crippen LogP contribution < -0.4 is 0 Å². The molecule has 0 spiro atoms. The van der Waals surface area contributed by atoms with E-state index in [9.17, 15) is 0 Å². The van der Waals surface area contributed by atoms with Crippen molar-refractivity contribution in [3.05, 3.63) is 120 Å². The molecule has 0 amide bonds. The number of benzene rings is 4. The van der Waals surface area contributed by atoms with Crippen LogP contribution in [-0.4, -0.2) is 4.57 Å². The van der Waals surface area contributed by atoms with E-state index in [2.05, 4.69) is 108 Å². The minimum Gasteiger partial charge on any atom is -0.372 e. The van der Waals surface area contributed by atoms with Crippen LogP contribution in [0.2, 0.25) is 0 Å². The summed E-state index contributed by atoms with van der Waals surface area (Å²) in [5, 5.41) is 2.53. The molecule has 146 valence electrons. The third kappa shape index (κ3) is 3.42. The summed E-state index contributed by atoms with van der Waals surface area (Å²) in [6, 6.07) is 34.1. The number of hydrogen-bond donors (Lipinski definition) is 0. The molecule has 30 heavy (non-hydrogen) atoms. The first kappa shape index (κ1) is 18.4. The number of nitrogens with zero attached hydrogens (tertiary/aromatic N) is 1. The normalized spacial score (nSPS) is 11.2. The zero-order valence-electron chi connectivity index (χ0n) is 16.8. The van der Waals surface area contributed by atoms with Gasteiger partial charge in [0.1, 0.15) is 0 Å². The molecule has 5 rings (SSSR count). The van der Waals surface area contributed by atoms with E-state index >= 15 is 0 Å². The van der Waals surface area contributed by atoms with Crippen molar-refractivity contribution >= 4 is 27.9 Å². The first-order valence-electron chi connectivity index (χ1n) is 10.2. The van der Waals surface area contributed by atoms with Gasteiger partial charge in [0, 0.05) is 16.5 Å². The zero-order valence-corrected chi connectivity index (χ0v) is 16.8. The van der Waals surface area contributed by atoms with Gasteiger partial charge in [-0.15, -0.1) is 0 Å². The van der Waals surface area contributed by atoms with E-state index in [-0.39, 0.29) is 0 Å². The molecule has 1 aromatic heterocycles. The van der Waals surface area contributed by atoms with Gasteiger partial charge in [-0.25, -0.2) is 0 Å². The molecule has 2 heteroatoms. The topological polar surface area (TPSA) is 14.2 Å². The highest BCUT2D eigenvalue weighted by atomic mass is 16.5. The Kier molecular flexibility index (Phi) is 4.92. The summed E-state index contributed by atoms with van der Waals surface area (Å²) in [5.74, 6) is 0. The standard InChI is InChI=1S/C28H23NO/c1-2-21-12-14-22(15-13-21)19-30-20-23-16-17-26-25-10-6-7-11-27(25)29(28(26)18-23)24-8-4-3-5-9-24/h2-18H,1,19-20H2. The maximum atomic E-state index is 6.01. The maximum absolute atomic E-state index is 6.01. The van der Waals surface area contributed by atoms with Crippen molar-refractivity contribution in [1.29, 1.82) is 0 Å². The van der Waals surface area contributed by atoms with Crippen molar-refractivity contribution in [3.63, 3.8) is 0 Å². The van der Waals surface area contributed by atoms with Crippen LogP contribution in [0.3, 0.4) is 0 Å². The van der Waals surface area contributed by atoms with Gasteiger partial charge < -0.3 is 9.30 Å². The molecule has 2 nitrogen and oxygen atoms in total. The number of fused-ring (bicyclic) bond motifs is 3. The van der Waals surface area contributed by atoms with Crippen LogP contribution >= 0.6 is 0 Å². The van der Waals surface area contributed by atoms with Gasteiger partial charge in [0.15, 0.2) is 0 Å². The van der Waals surface area contributed by atoms with Gasteiger partial charge in [-0.05, 0) is 41.0 Å². The molecule has 4 aromatic carbocycles. The molecule has 1 heterocycles. The van der Waals surface area contributed by atoms with Crippen LogP contribution in [0.5, 0.6) is 0 Å². The lowest BCUT2D eigenvalue weighted by atomic mass is 10.1. The molecule has 0 saturated carbocycles. The molecule has 0 radical (unpaired) electrons. The van der Waals surface area contributed by atoms with Crippen LogP contribution in [0.4, 0.5) is 0 Å². The van der Waals surface area contributed by atoms with E-state index in [0.717, 1.165) is 5.56 Å². The zero-order chi connectivity index (χ0) is 20.3. The lowest BCUT2D eigenvalue weighted by molar-refractivity contribution is 0.107. The van der Waals surface area contributed by atoms with Gasteiger partial charge in [-0.3, -0.25) is 0 Å². The van der Waals surface area contributed by atoms with E-state index in [4.69, 9.17) is 4.74 Å². The molecular weight excluding hydrogens is 366 g/mol. The average molecular weight is 389 g/mol. The molecule has 0 bridgehead atoms. The molecule has 0 saturated heterocycles. The third-order valence-electron chi connectivity index (χ3n) is 5.51. The quantitative estimate of drug-likeness (QED) is 0.301. The Morgan fingerprint density at radius 2 is 1.33 bits per heavy atom. The summed E-state index contributed by atoms with van der Waals surface area (Å²) in [5.41, 5.74) is 7.06. The van der Waals surface area contributed by atoms with Crippen LogP contribution in [0, 0.1) is 0 Å². The Bertz CT molecular complexity index is 1310. The number of aromatic nitrogens is 1. The van der Waals surface area contributed by atoms with Gasteiger partial charge in [0.25, 0.3) is 0 Å². The number of para-hydroxylation sites is 2. The SMILES string of the molecule is C=Cc1ccc(COCc2ccc3c4ccccc4n(-c4ccccc4)c3c2)cc1. The monoisotopic (exact) mass is 389 g/mol. The molecule has 5 aromatic rings. The Morgan fingerprint density at radius 1 is 0.667 bits per heavy atom. The van der Waals surface area contributed by atoms with E-state index in [1.165, 1.54) is 38.6 Å². The van der Waals surface area contributed by atoms with E-state index in [1.54, 1.807) is 0 Å². The van der Waals surface area contributed by atoms with Crippen LogP contribution in [0.1, 0.15) is 16.7 Å². The molecule has 0 N–H and O–H groups in total. The van der Waals surface area contributed by atoms with Gasteiger partial charge in [0.2, 0.25) is 0 Å². The van der Waals surface area contributed by atoms with Crippen molar-refractivity contribution in [1.82, 2.24) is 4.57 Å². The number of rotatable bonds is 6. The van der Waals surface area contributed by atoms with Crippen LogP contribution in [0.15, 0.2) is 104 Å². The highest BCUT2D eigenvalue weighted by Crippen LogP contribution is 2.32. The molecule has 0 atom stereocenters. The maximum Gasteiger partial charge on any atom is 0.0722 e. The predicted molar refractivity (Wildman–Crippen MR) is 126 cm³/mol. The molecule has 0 aliphatic rings. The first-order valence-corrected chi connectivity index (χ1v) is 10.2. The Morgan fingerprint density at radius 3 is 2.13 bits per heavy atom. The van der Waals surface area contributed by atoms with Crippen LogP contribution in [0.25, 0.3) is 33.6 Å². The van der Waals surface area contributed by atoms with Gasteiger partial charge in [-0.2, -0.15) is 0 Å². The lowest BCUT2D eigenvalue weighted by Gasteiger charge is -2.09. The molecule has 0 fully saturated rings. The van der Waals surface area contributed by atoms with Crippen molar-refractivity contribution < 1.29 is 4.74 Å². The fraction of sp³-hybridized carbons (Fsp3) is 0.0714. The van der Waals surface area contributed by atoms with E-state index < -0.39 is 0 Å². The summed E-state index contributed by atoms with van der Waals surface area (Å²) < 4.78 is 8.35. The van der Waals surface area contributed by atoms with Gasteiger partial charge >= 0.3 is 0 Å². The second-order valence-electron chi connectivity index (χ2n) is 7.48. The average Bonchev–Trinajstić information content (AvgIpc) is 3.14. The van der Waals surface area contributed by atoms with Crippen LogP contribution in [-0.2, 0) is 18.0 Å². The molecular formula is C28H23NO.